The van der Waals surface area contributed by atoms with Gasteiger partial charge in [-0.05, 0) is 24.1 Å². The lowest BCUT2D eigenvalue weighted by atomic mass is 10.1. The second-order valence-corrected chi connectivity index (χ2v) is 4.31. The van der Waals surface area contributed by atoms with Crippen LogP contribution in [0.1, 0.15) is 18.9 Å². The molecule has 0 aliphatic rings. The zero-order chi connectivity index (χ0) is 12.8. The highest BCUT2D eigenvalue weighted by molar-refractivity contribution is 5.34. The number of rotatable bonds is 6. The van der Waals surface area contributed by atoms with E-state index < -0.39 is 0 Å². The van der Waals surface area contributed by atoms with Gasteiger partial charge in [0, 0.05) is 30.7 Å². The molecule has 2 rings (SSSR count). The molecule has 18 heavy (non-hydrogen) atoms. The van der Waals surface area contributed by atoms with Crippen molar-refractivity contribution in [3.8, 4) is 5.69 Å². The Morgan fingerprint density at radius 1 is 1.33 bits per heavy atom. The van der Waals surface area contributed by atoms with E-state index in [4.69, 9.17) is 5.11 Å². The molecule has 0 unspecified atom stereocenters. The fourth-order valence-electron chi connectivity index (χ4n) is 1.80. The highest BCUT2D eigenvalue weighted by Gasteiger charge is 2.03. The highest BCUT2D eigenvalue weighted by atomic mass is 16.3. The Labute approximate surface area is 107 Å². The van der Waals surface area contributed by atoms with Gasteiger partial charge in [0.25, 0.3) is 0 Å². The summed E-state index contributed by atoms with van der Waals surface area (Å²) < 4.78 is 1.97. The first-order chi connectivity index (χ1) is 8.83. The lowest BCUT2D eigenvalue weighted by Gasteiger charge is -2.14. The van der Waals surface area contributed by atoms with Gasteiger partial charge in [-0.15, -0.1) is 0 Å². The summed E-state index contributed by atoms with van der Waals surface area (Å²) in [6.45, 7) is 3.03. The van der Waals surface area contributed by atoms with Gasteiger partial charge in [0.2, 0.25) is 0 Å². The topological polar surface area (TPSA) is 50.1 Å². The molecule has 1 heterocycles. The molecule has 0 spiro atoms. The minimum absolute atomic E-state index is 0.179. The molecule has 0 aliphatic heterocycles. The minimum Gasteiger partial charge on any atom is -0.395 e. The van der Waals surface area contributed by atoms with Crippen LogP contribution in [0.15, 0.2) is 43.0 Å². The molecule has 1 atom stereocenters. The summed E-state index contributed by atoms with van der Waals surface area (Å²) >= 11 is 0. The summed E-state index contributed by atoms with van der Waals surface area (Å²) in [6, 6.07) is 8.49. The Balaban J connectivity index is 1.96. The molecule has 0 bridgehead atoms. The Morgan fingerprint density at radius 2 is 2.11 bits per heavy atom. The second kappa shape index (κ2) is 6.33. The van der Waals surface area contributed by atoms with Crippen molar-refractivity contribution in [1.82, 2.24) is 14.9 Å². The predicted molar refractivity (Wildman–Crippen MR) is 71.6 cm³/mol. The van der Waals surface area contributed by atoms with Gasteiger partial charge in [0.05, 0.1) is 12.9 Å². The SMILES string of the molecule is CC[C@@H](CO)NCc1ccc(-n2ccnc2)cc1. The number of aliphatic hydroxyl groups is 1. The van der Waals surface area contributed by atoms with Crippen molar-refractivity contribution in [3.05, 3.63) is 48.5 Å². The normalized spacial score (nSPS) is 12.6. The molecule has 0 radical (unpaired) electrons. The third kappa shape index (κ3) is 3.18. The average molecular weight is 245 g/mol. The minimum atomic E-state index is 0.179. The fourth-order valence-corrected chi connectivity index (χ4v) is 1.80. The Morgan fingerprint density at radius 3 is 2.67 bits per heavy atom. The zero-order valence-corrected chi connectivity index (χ0v) is 10.6. The van der Waals surface area contributed by atoms with Gasteiger partial charge in [-0.3, -0.25) is 0 Å². The first kappa shape index (κ1) is 12.8. The van der Waals surface area contributed by atoms with E-state index >= 15 is 0 Å². The van der Waals surface area contributed by atoms with Crippen molar-refractivity contribution >= 4 is 0 Å². The number of aliphatic hydroxyl groups excluding tert-OH is 1. The van der Waals surface area contributed by atoms with Crippen LogP contribution in [0.2, 0.25) is 0 Å². The van der Waals surface area contributed by atoms with Crippen LogP contribution < -0.4 is 5.32 Å². The lowest BCUT2D eigenvalue weighted by molar-refractivity contribution is 0.238. The van der Waals surface area contributed by atoms with Crippen molar-refractivity contribution in [1.29, 1.82) is 0 Å². The third-order valence-electron chi connectivity index (χ3n) is 3.05. The van der Waals surface area contributed by atoms with Gasteiger partial charge in [-0.25, -0.2) is 4.98 Å². The zero-order valence-electron chi connectivity index (χ0n) is 10.6. The molecule has 0 saturated carbocycles. The largest absolute Gasteiger partial charge is 0.395 e. The molecule has 2 N–H and O–H groups in total. The lowest BCUT2D eigenvalue weighted by Crippen LogP contribution is -2.31. The van der Waals surface area contributed by atoms with Gasteiger partial charge in [0.15, 0.2) is 0 Å². The molecular weight excluding hydrogens is 226 g/mol. The van der Waals surface area contributed by atoms with E-state index in [1.54, 1.807) is 12.5 Å². The molecule has 0 aliphatic carbocycles. The smallest absolute Gasteiger partial charge is 0.0991 e. The number of hydrogen-bond acceptors (Lipinski definition) is 3. The molecule has 0 amide bonds. The van der Waals surface area contributed by atoms with Crippen LogP contribution in [-0.4, -0.2) is 27.3 Å². The molecule has 4 heteroatoms. The van der Waals surface area contributed by atoms with E-state index in [-0.39, 0.29) is 12.6 Å². The summed E-state index contributed by atoms with van der Waals surface area (Å²) in [7, 11) is 0. The summed E-state index contributed by atoms with van der Waals surface area (Å²) in [6.07, 6.45) is 6.41. The molecule has 0 fully saturated rings. The van der Waals surface area contributed by atoms with Crippen LogP contribution in [-0.2, 0) is 6.54 Å². The van der Waals surface area contributed by atoms with Crippen molar-refractivity contribution in [2.75, 3.05) is 6.61 Å². The van der Waals surface area contributed by atoms with E-state index in [1.165, 1.54) is 5.56 Å². The quantitative estimate of drug-likeness (QED) is 0.815. The second-order valence-electron chi connectivity index (χ2n) is 4.31. The van der Waals surface area contributed by atoms with Crippen LogP contribution in [0.25, 0.3) is 5.69 Å². The van der Waals surface area contributed by atoms with Crippen molar-refractivity contribution in [2.45, 2.75) is 25.9 Å². The summed E-state index contributed by atoms with van der Waals surface area (Å²) in [5, 5.41) is 12.4. The number of benzene rings is 1. The van der Waals surface area contributed by atoms with E-state index in [0.717, 1.165) is 18.7 Å². The molecule has 4 nitrogen and oxygen atoms in total. The Hall–Kier alpha value is -1.65. The van der Waals surface area contributed by atoms with Crippen molar-refractivity contribution in [2.24, 2.45) is 0 Å². The van der Waals surface area contributed by atoms with E-state index in [9.17, 15) is 0 Å². The van der Waals surface area contributed by atoms with E-state index in [1.807, 2.05) is 10.8 Å². The van der Waals surface area contributed by atoms with Gasteiger partial charge >= 0.3 is 0 Å². The summed E-state index contributed by atoms with van der Waals surface area (Å²) in [4.78, 5) is 4.03. The van der Waals surface area contributed by atoms with Crippen LogP contribution in [0.4, 0.5) is 0 Å². The van der Waals surface area contributed by atoms with Gasteiger partial charge < -0.3 is 15.0 Å². The van der Waals surface area contributed by atoms with Crippen molar-refractivity contribution in [3.63, 3.8) is 0 Å². The molecule has 96 valence electrons. The van der Waals surface area contributed by atoms with Gasteiger partial charge in [-0.1, -0.05) is 19.1 Å². The average Bonchev–Trinajstić information content (AvgIpc) is 2.94. The van der Waals surface area contributed by atoms with Gasteiger partial charge in [0.1, 0.15) is 0 Å². The molecular formula is C14H19N3O. The van der Waals surface area contributed by atoms with Crippen LogP contribution in [0.3, 0.4) is 0 Å². The maximum absolute atomic E-state index is 9.10. The van der Waals surface area contributed by atoms with Crippen molar-refractivity contribution < 1.29 is 5.11 Å². The fraction of sp³-hybridized carbons (Fsp3) is 0.357. The molecule has 2 aromatic rings. The van der Waals surface area contributed by atoms with Crippen LogP contribution in [0.5, 0.6) is 0 Å². The Bertz CT molecular complexity index is 446. The maximum Gasteiger partial charge on any atom is 0.0991 e. The van der Waals surface area contributed by atoms with E-state index in [2.05, 4.69) is 41.5 Å². The van der Waals surface area contributed by atoms with Crippen LogP contribution in [0, 0.1) is 0 Å². The Kier molecular flexibility index (Phi) is 4.50. The third-order valence-corrected chi connectivity index (χ3v) is 3.05. The standard InChI is InChI=1S/C14H19N3O/c1-2-13(10-18)16-9-12-3-5-14(6-4-12)17-8-7-15-11-17/h3-8,11,13,16,18H,2,9-10H2,1H3/t13-/m0/s1. The predicted octanol–water partition coefficient (Wildman–Crippen LogP) is 1.73. The number of imidazole rings is 1. The monoisotopic (exact) mass is 245 g/mol. The number of nitrogens with one attached hydrogen (secondary N) is 1. The summed E-state index contributed by atoms with van der Waals surface area (Å²) in [5.74, 6) is 0. The first-order valence-corrected chi connectivity index (χ1v) is 6.25. The van der Waals surface area contributed by atoms with Gasteiger partial charge in [-0.2, -0.15) is 0 Å². The molecule has 1 aromatic carbocycles. The number of nitrogens with zero attached hydrogens (tertiary/aromatic N) is 2. The molecule has 0 saturated heterocycles. The maximum atomic E-state index is 9.10. The highest BCUT2D eigenvalue weighted by Crippen LogP contribution is 2.09. The van der Waals surface area contributed by atoms with E-state index in [0.29, 0.717) is 0 Å². The number of hydrogen-bond donors (Lipinski definition) is 2. The summed E-state index contributed by atoms with van der Waals surface area (Å²) in [5.41, 5.74) is 2.32. The number of aromatic nitrogens is 2. The first-order valence-electron chi connectivity index (χ1n) is 6.25. The molecule has 1 aromatic heterocycles. The van der Waals surface area contributed by atoms with Crippen LogP contribution >= 0.6 is 0 Å².